The van der Waals surface area contributed by atoms with Crippen LogP contribution < -0.4 is 11.5 Å². The van der Waals surface area contributed by atoms with Crippen LogP contribution in [0.25, 0.3) is 0 Å². The van der Waals surface area contributed by atoms with Gasteiger partial charge in [-0.05, 0) is 35.4 Å². The Kier molecular flexibility index (Phi) is 6.51. The Morgan fingerprint density at radius 3 is 1.34 bits per heavy atom. The first-order chi connectivity index (χ1) is 14.9. The van der Waals surface area contributed by atoms with E-state index in [4.69, 9.17) is 20.9 Å². The van der Waals surface area contributed by atoms with Crippen molar-refractivity contribution in [3.63, 3.8) is 0 Å². The molecule has 172 valence electrons. The highest BCUT2D eigenvalue weighted by atomic mass is 19.4. The molecule has 32 heavy (non-hydrogen) atoms. The van der Waals surface area contributed by atoms with E-state index in [0.717, 1.165) is 24.3 Å². The summed E-state index contributed by atoms with van der Waals surface area (Å²) in [7, 11) is 0. The Balaban J connectivity index is 0.000000181. The van der Waals surface area contributed by atoms with Gasteiger partial charge >= 0.3 is 12.4 Å². The van der Waals surface area contributed by atoms with Gasteiger partial charge in [0.1, 0.15) is 25.3 Å². The fourth-order valence-corrected chi connectivity index (χ4v) is 2.97. The molecule has 4 rings (SSSR count). The van der Waals surface area contributed by atoms with E-state index in [9.17, 15) is 26.3 Å². The van der Waals surface area contributed by atoms with Gasteiger partial charge in [0.15, 0.2) is 0 Å². The SMILES string of the molecule is NC1=NC(c2cccc(C(F)(F)F)c2)CO1.NC1=N[C@H](c2cccc(C(F)(F)F)c2)CO1. The van der Waals surface area contributed by atoms with Crippen molar-refractivity contribution in [3.05, 3.63) is 70.8 Å². The van der Waals surface area contributed by atoms with Gasteiger partial charge in [0.2, 0.25) is 0 Å². The van der Waals surface area contributed by atoms with Crippen LogP contribution in [0.1, 0.15) is 34.3 Å². The van der Waals surface area contributed by atoms with Gasteiger partial charge in [-0.3, -0.25) is 0 Å². The van der Waals surface area contributed by atoms with Gasteiger partial charge in [0.05, 0.1) is 11.1 Å². The summed E-state index contributed by atoms with van der Waals surface area (Å²) in [5.41, 5.74) is 10.1. The monoisotopic (exact) mass is 460 g/mol. The molecule has 6 nitrogen and oxygen atoms in total. The standard InChI is InChI=1S/2C10H9F3N2O/c2*11-10(12,13)7-3-1-2-6(4-7)8-5-16-9(14)15-8/h2*1-4,8H,5H2,(H2,14,15)/t8-;/m0./s1. The molecule has 2 aliphatic rings. The maximum absolute atomic E-state index is 12.4. The highest BCUT2D eigenvalue weighted by molar-refractivity contribution is 5.73. The molecule has 2 aromatic carbocycles. The van der Waals surface area contributed by atoms with Crippen molar-refractivity contribution in [1.82, 2.24) is 0 Å². The molecule has 0 bridgehead atoms. The van der Waals surface area contributed by atoms with Gasteiger partial charge in [-0.2, -0.15) is 26.3 Å². The lowest BCUT2D eigenvalue weighted by molar-refractivity contribution is -0.138. The summed E-state index contributed by atoms with van der Waals surface area (Å²) in [5, 5.41) is 0. The van der Waals surface area contributed by atoms with E-state index in [1.165, 1.54) is 12.1 Å². The van der Waals surface area contributed by atoms with Gasteiger partial charge in [-0.1, -0.05) is 24.3 Å². The zero-order valence-electron chi connectivity index (χ0n) is 16.3. The molecule has 0 aromatic heterocycles. The summed E-state index contributed by atoms with van der Waals surface area (Å²) >= 11 is 0. The highest BCUT2D eigenvalue weighted by Gasteiger charge is 2.32. The van der Waals surface area contributed by atoms with Crippen LogP contribution in [-0.4, -0.2) is 25.3 Å². The third-order valence-electron chi connectivity index (χ3n) is 4.54. The quantitative estimate of drug-likeness (QED) is 0.658. The summed E-state index contributed by atoms with van der Waals surface area (Å²) in [6.07, 6.45) is -8.69. The number of aliphatic imine (C=N–C) groups is 2. The molecule has 12 heteroatoms. The molecule has 0 saturated heterocycles. The molecule has 2 atom stereocenters. The van der Waals surface area contributed by atoms with Crippen molar-refractivity contribution in [3.8, 4) is 0 Å². The molecular formula is C20H18F6N4O2. The molecule has 0 radical (unpaired) electrons. The second-order valence-corrected chi connectivity index (χ2v) is 6.83. The minimum atomic E-state index is -4.34. The predicted octanol–water partition coefficient (Wildman–Crippen LogP) is 4.18. The summed E-state index contributed by atoms with van der Waals surface area (Å²) in [6, 6.07) is 9.17. The van der Waals surface area contributed by atoms with Crippen molar-refractivity contribution in [2.45, 2.75) is 24.4 Å². The van der Waals surface area contributed by atoms with Gasteiger partial charge in [0.25, 0.3) is 12.0 Å². The molecule has 2 aromatic rings. The van der Waals surface area contributed by atoms with Crippen LogP contribution in [0.3, 0.4) is 0 Å². The molecule has 0 saturated carbocycles. The summed E-state index contributed by atoms with van der Waals surface area (Å²) in [5.74, 6) is 0. The van der Waals surface area contributed by atoms with Gasteiger partial charge in [0, 0.05) is 0 Å². The van der Waals surface area contributed by atoms with E-state index in [-0.39, 0.29) is 25.3 Å². The Hall–Kier alpha value is -3.44. The number of halogens is 6. The number of ether oxygens (including phenoxy) is 2. The first-order valence-electron chi connectivity index (χ1n) is 9.20. The smallest absolute Gasteiger partial charge is 0.416 e. The fraction of sp³-hybridized carbons (Fsp3) is 0.300. The predicted molar refractivity (Wildman–Crippen MR) is 104 cm³/mol. The zero-order chi connectivity index (χ0) is 23.5. The fourth-order valence-electron chi connectivity index (χ4n) is 2.97. The number of nitrogens with two attached hydrogens (primary N) is 2. The molecule has 4 N–H and O–H groups in total. The van der Waals surface area contributed by atoms with Crippen LogP contribution in [0.15, 0.2) is 58.5 Å². The number of hydrogen-bond acceptors (Lipinski definition) is 6. The van der Waals surface area contributed by atoms with Crippen molar-refractivity contribution in [1.29, 1.82) is 0 Å². The topological polar surface area (TPSA) is 95.2 Å². The molecule has 0 amide bonds. The number of benzene rings is 2. The number of hydrogen-bond donors (Lipinski definition) is 2. The molecular weight excluding hydrogens is 442 g/mol. The maximum Gasteiger partial charge on any atom is 0.416 e. The Morgan fingerprint density at radius 1 is 0.688 bits per heavy atom. The molecule has 0 aliphatic carbocycles. The first kappa shape index (κ1) is 23.2. The number of alkyl halides is 6. The molecule has 1 unspecified atom stereocenters. The number of amidine groups is 2. The lowest BCUT2D eigenvalue weighted by Gasteiger charge is -2.10. The summed E-state index contributed by atoms with van der Waals surface area (Å²) in [4.78, 5) is 7.77. The number of rotatable bonds is 2. The average molecular weight is 460 g/mol. The van der Waals surface area contributed by atoms with Gasteiger partial charge in [-0.25, -0.2) is 9.98 Å². The van der Waals surface area contributed by atoms with Crippen molar-refractivity contribution >= 4 is 12.0 Å². The van der Waals surface area contributed by atoms with E-state index in [0.29, 0.717) is 11.1 Å². The lowest BCUT2D eigenvalue weighted by Crippen LogP contribution is -2.10. The molecule has 0 fully saturated rings. The Morgan fingerprint density at radius 2 is 1.06 bits per heavy atom. The van der Waals surface area contributed by atoms with Crippen LogP contribution in [0.2, 0.25) is 0 Å². The van der Waals surface area contributed by atoms with E-state index >= 15 is 0 Å². The van der Waals surface area contributed by atoms with Gasteiger partial charge < -0.3 is 20.9 Å². The van der Waals surface area contributed by atoms with Crippen LogP contribution in [0, 0.1) is 0 Å². The Labute approximate surface area is 178 Å². The maximum atomic E-state index is 12.4. The minimum absolute atomic E-state index is 0.0161. The third-order valence-corrected chi connectivity index (χ3v) is 4.54. The van der Waals surface area contributed by atoms with Gasteiger partial charge in [-0.15, -0.1) is 0 Å². The third kappa shape index (κ3) is 5.83. The van der Waals surface area contributed by atoms with E-state index in [2.05, 4.69) is 9.98 Å². The normalized spacial score (nSPS) is 20.4. The molecule has 0 spiro atoms. The zero-order valence-corrected chi connectivity index (χ0v) is 16.3. The highest BCUT2D eigenvalue weighted by Crippen LogP contribution is 2.33. The van der Waals surface area contributed by atoms with Crippen LogP contribution in [0.4, 0.5) is 26.3 Å². The van der Waals surface area contributed by atoms with E-state index in [1.807, 2.05) is 0 Å². The van der Waals surface area contributed by atoms with Crippen LogP contribution in [0.5, 0.6) is 0 Å². The summed E-state index contributed by atoms with van der Waals surface area (Å²) < 4.78 is 84.4. The largest absolute Gasteiger partial charge is 0.463 e. The average Bonchev–Trinajstić information content (AvgIpc) is 3.36. The van der Waals surface area contributed by atoms with Crippen molar-refractivity contribution in [2.24, 2.45) is 21.5 Å². The summed E-state index contributed by atoms with van der Waals surface area (Å²) in [6.45, 7) is 0.375. The van der Waals surface area contributed by atoms with Crippen molar-refractivity contribution in [2.75, 3.05) is 13.2 Å². The minimum Gasteiger partial charge on any atom is -0.463 e. The van der Waals surface area contributed by atoms with Crippen LogP contribution >= 0.6 is 0 Å². The Bertz CT molecular complexity index is 938. The first-order valence-corrected chi connectivity index (χ1v) is 9.20. The molecule has 2 heterocycles. The number of nitrogens with zero attached hydrogens (tertiary/aromatic N) is 2. The van der Waals surface area contributed by atoms with E-state index in [1.54, 1.807) is 12.1 Å². The van der Waals surface area contributed by atoms with Crippen LogP contribution in [-0.2, 0) is 21.8 Å². The second kappa shape index (κ2) is 8.97. The van der Waals surface area contributed by atoms with Crippen molar-refractivity contribution < 1.29 is 35.8 Å². The lowest BCUT2D eigenvalue weighted by atomic mass is 10.1. The van der Waals surface area contributed by atoms with E-state index < -0.39 is 35.6 Å². The second-order valence-electron chi connectivity index (χ2n) is 6.83. The molecule has 2 aliphatic heterocycles.